The number of nitrogens with one attached hydrogen (secondary N) is 1. The van der Waals surface area contributed by atoms with Crippen LogP contribution in [0, 0.1) is 6.92 Å². The number of aryl methyl sites for hydroxylation is 1. The summed E-state index contributed by atoms with van der Waals surface area (Å²) in [5.41, 5.74) is 3.29. The van der Waals surface area contributed by atoms with Crippen molar-refractivity contribution < 1.29 is 14.6 Å². The lowest BCUT2D eigenvalue weighted by molar-refractivity contribution is 0.238. The van der Waals surface area contributed by atoms with Gasteiger partial charge in [0, 0.05) is 12.6 Å². The van der Waals surface area contributed by atoms with Gasteiger partial charge in [0.25, 0.3) is 0 Å². The van der Waals surface area contributed by atoms with Crippen LogP contribution in [0.3, 0.4) is 0 Å². The largest absolute Gasteiger partial charge is 0.490 e. The number of rotatable bonds is 10. The minimum Gasteiger partial charge on any atom is -0.490 e. The third-order valence-corrected chi connectivity index (χ3v) is 4.46. The lowest BCUT2D eigenvalue weighted by atomic mass is 10.1. The van der Waals surface area contributed by atoms with Crippen molar-refractivity contribution in [3.05, 3.63) is 58.1 Å². The van der Waals surface area contributed by atoms with Gasteiger partial charge in [-0.2, -0.15) is 0 Å². The van der Waals surface area contributed by atoms with Gasteiger partial charge in [0.05, 0.1) is 18.2 Å². The second kappa shape index (κ2) is 10.4. The molecule has 0 aliphatic carbocycles. The second-order valence-corrected chi connectivity index (χ2v) is 6.69. The predicted octanol–water partition coefficient (Wildman–Crippen LogP) is 4.49. The van der Waals surface area contributed by atoms with E-state index < -0.39 is 0 Å². The van der Waals surface area contributed by atoms with Crippen molar-refractivity contribution in [2.75, 3.05) is 13.2 Å². The Hall–Kier alpha value is -1.75. The summed E-state index contributed by atoms with van der Waals surface area (Å²) in [6.07, 6.45) is 0.861. The summed E-state index contributed by atoms with van der Waals surface area (Å²) in [5.74, 6) is 1.20. The fourth-order valence-corrected chi connectivity index (χ4v) is 2.85. The first-order valence-electron chi connectivity index (χ1n) is 9.05. The summed E-state index contributed by atoms with van der Waals surface area (Å²) in [4.78, 5) is 0. The number of aliphatic hydroxyl groups excluding tert-OH is 1. The van der Waals surface area contributed by atoms with E-state index in [1.165, 1.54) is 5.56 Å². The molecule has 0 radical (unpaired) electrons. The van der Waals surface area contributed by atoms with E-state index in [-0.39, 0.29) is 12.6 Å². The Morgan fingerprint density at radius 2 is 1.81 bits per heavy atom. The van der Waals surface area contributed by atoms with E-state index in [2.05, 4.69) is 24.4 Å². The van der Waals surface area contributed by atoms with Crippen LogP contribution >= 0.6 is 11.6 Å². The van der Waals surface area contributed by atoms with Crippen LogP contribution in [0.1, 0.15) is 37.0 Å². The number of ether oxygens (including phenoxy) is 2. The standard InChI is InChI=1S/C21H28ClNO3/c1-4-18(13-24)23-12-17-10-19(22)21(20(11-17)25-5-2)26-14-16-8-6-15(3)7-9-16/h6-11,18,23-24H,4-5,12-14H2,1-3H3/t18-/m0/s1. The van der Waals surface area contributed by atoms with Gasteiger partial charge in [-0.15, -0.1) is 0 Å². The minimum absolute atomic E-state index is 0.0711. The highest BCUT2D eigenvalue weighted by Gasteiger charge is 2.14. The zero-order chi connectivity index (χ0) is 18.9. The molecule has 142 valence electrons. The van der Waals surface area contributed by atoms with Crippen molar-refractivity contribution in [1.29, 1.82) is 0 Å². The highest BCUT2D eigenvalue weighted by molar-refractivity contribution is 6.32. The summed E-state index contributed by atoms with van der Waals surface area (Å²) < 4.78 is 11.7. The number of benzene rings is 2. The molecule has 2 aromatic rings. The molecule has 0 aliphatic heterocycles. The maximum Gasteiger partial charge on any atom is 0.180 e. The molecule has 0 saturated heterocycles. The minimum atomic E-state index is 0.0711. The van der Waals surface area contributed by atoms with E-state index >= 15 is 0 Å². The maximum absolute atomic E-state index is 9.30. The maximum atomic E-state index is 9.30. The molecule has 0 fully saturated rings. The van der Waals surface area contributed by atoms with Crippen LogP contribution in [0.25, 0.3) is 0 Å². The molecule has 1 atom stereocenters. The van der Waals surface area contributed by atoms with Crippen LogP contribution in [0.2, 0.25) is 5.02 Å². The zero-order valence-electron chi connectivity index (χ0n) is 15.7. The SMILES string of the molecule is CCOc1cc(CN[C@@H](CC)CO)cc(Cl)c1OCc1ccc(C)cc1. The molecule has 0 heterocycles. The number of halogens is 1. The molecule has 4 nitrogen and oxygen atoms in total. The average Bonchev–Trinajstić information content (AvgIpc) is 2.63. The van der Waals surface area contributed by atoms with Crippen LogP contribution in [-0.2, 0) is 13.2 Å². The van der Waals surface area contributed by atoms with Crippen LogP contribution in [0.4, 0.5) is 0 Å². The molecule has 2 aromatic carbocycles. The van der Waals surface area contributed by atoms with Gasteiger partial charge in [-0.1, -0.05) is 48.4 Å². The molecule has 26 heavy (non-hydrogen) atoms. The van der Waals surface area contributed by atoms with Gasteiger partial charge in [-0.05, 0) is 43.5 Å². The van der Waals surface area contributed by atoms with E-state index in [0.29, 0.717) is 36.3 Å². The van der Waals surface area contributed by atoms with Crippen LogP contribution in [-0.4, -0.2) is 24.4 Å². The van der Waals surface area contributed by atoms with Crippen molar-refractivity contribution in [2.45, 2.75) is 46.4 Å². The summed E-state index contributed by atoms with van der Waals surface area (Å²) in [6.45, 7) is 7.71. The van der Waals surface area contributed by atoms with Gasteiger partial charge in [0.1, 0.15) is 6.61 Å². The van der Waals surface area contributed by atoms with Crippen molar-refractivity contribution in [2.24, 2.45) is 0 Å². The number of hydrogen-bond donors (Lipinski definition) is 2. The normalized spacial score (nSPS) is 12.0. The molecule has 0 bridgehead atoms. The molecular weight excluding hydrogens is 350 g/mol. The molecule has 2 N–H and O–H groups in total. The summed E-state index contributed by atoms with van der Waals surface area (Å²) in [5, 5.41) is 13.1. The predicted molar refractivity (Wildman–Crippen MR) is 106 cm³/mol. The van der Waals surface area contributed by atoms with Crippen LogP contribution in [0.15, 0.2) is 36.4 Å². The summed E-state index contributed by atoms with van der Waals surface area (Å²) in [7, 11) is 0. The Morgan fingerprint density at radius 1 is 1.08 bits per heavy atom. The Kier molecular flexibility index (Phi) is 8.23. The molecule has 5 heteroatoms. The first kappa shape index (κ1) is 20.6. The monoisotopic (exact) mass is 377 g/mol. The quantitative estimate of drug-likeness (QED) is 0.640. The highest BCUT2D eigenvalue weighted by atomic mass is 35.5. The zero-order valence-corrected chi connectivity index (χ0v) is 16.5. The Labute approximate surface area is 161 Å². The fourth-order valence-electron chi connectivity index (χ4n) is 2.57. The Morgan fingerprint density at radius 3 is 2.42 bits per heavy atom. The molecule has 0 unspecified atom stereocenters. The fraction of sp³-hybridized carbons (Fsp3) is 0.429. The highest BCUT2D eigenvalue weighted by Crippen LogP contribution is 2.37. The van der Waals surface area contributed by atoms with E-state index in [1.54, 1.807) is 0 Å². The lowest BCUT2D eigenvalue weighted by Crippen LogP contribution is -2.31. The lowest BCUT2D eigenvalue weighted by Gasteiger charge is -2.17. The van der Waals surface area contributed by atoms with Crippen molar-refractivity contribution >= 4 is 11.6 Å². The number of aliphatic hydroxyl groups is 1. The van der Waals surface area contributed by atoms with Crippen LogP contribution < -0.4 is 14.8 Å². The topological polar surface area (TPSA) is 50.7 Å². The van der Waals surface area contributed by atoms with E-state index in [4.69, 9.17) is 21.1 Å². The van der Waals surface area contributed by atoms with E-state index in [1.807, 2.05) is 38.1 Å². The molecule has 0 aliphatic rings. The molecule has 0 saturated carbocycles. The van der Waals surface area contributed by atoms with Gasteiger partial charge in [-0.25, -0.2) is 0 Å². The van der Waals surface area contributed by atoms with Crippen molar-refractivity contribution in [3.63, 3.8) is 0 Å². The molecule has 0 amide bonds. The average molecular weight is 378 g/mol. The summed E-state index contributed by atoms with van der Waals surface area (Å²) >= 11 is 6.46. The number of hydrogen-bond acceptors (Lipinski definition) is 4. The molecule has 2 rings (SSSR count). The first-order chi connectivity index (χ1) is 12.6. The van der Waals surface area contributed by atoms with Gasteiger partial charge < -0.3 is 19.9 Å². The van der Waals surface area contributed by atoms with Gasteiger partial charge >= 0.3 is 0 Å². The molecule has 0 aromatic heterocycles. The second-order valence-electron chi connectivity index (χ2n) is 6.28. The third-order valence-electron chi connectivity index (χ3n) is 4.18. The van der Waals surface area contributed by atoms with Gasteiger partial charge in [0.15, 0.2) is 11.5 Å². The third kappa shape index (κ3) is 5.90. The van der Waals surface area contributed by atoms with Crippen molar-refractivity contribution in [1.82, 2.24) is 5.32 Å². The summed E-state index contributed by atoms with van der Waals surface area (Å²) in [6, 6.07) is 12.1. The smallest absolute Gasteiger partial charge is 0.180 e. The Balaban J connectivity index is 2.13. The van der Waals surface area contributed by atoms with Gasteiger partial charge in [0.2, 0.25) is 0 Å². The Bertz CT molecular complexity index is 684. The molecule has 0 spiro atoms. The molecular formula is C21H28ClNO3. The van der Waals surface area contributed by atoms with Crippen molar-refractivity contribution in [3.8, 4) is 11.5 Å². The van der Waals surface area contributed by atoms with Crippen LogP contribution in [0.5, 0.6) is 11.5 Å². The van der Waals surface area contributed by atoms with E-state index in [0.717, 1.165) is 17.5 Å². The van der Waals surface area contributed by atoms with E-state index in [9.17, 15) is 5.11 Å². The first-order valence-corrected chi connectivity index (χ1v) is 9.42. The van der Waals surface area contributed by atoms with Gasteiger partial charge in [-0.3, -0.25) is 0 Å².